The molecule has 0 amide bonds. The first-order chi connectivity index (χ1) is 8.96. The topological polar surface area (TPSA) is 17.8 Å². The fourth-order valence-electron chi connectivity index (χ4n) is 2.38. The third-order valence-corrected chi connectivity index (χ3v) is 4.80. The highest BCUT2D eigenvalue weighted by Gasteiger charge is 2.27. The smallest absolute Gasteiger partial charge is 0.139 e. The summed E-state index contributed by atoms with van der Waals surface area (Å²) in [4.78, 5) is 4.53. The van der Waals surface area contributed by atoms with Crippen LogP contribution in [0.15, 0.2) is 16.6 Å². The van der Waals surface area contributed by atoms with E-state index in [0.717, 1.165) is 29.7 Å². The Labute approximate surface area is 126 Å². The summed E-state index contributed by atoms with van der Waals surface area (Å²) in [6, 6.07) is 3.25. The fraction of sp³-hybridized carbons (Fsp3) is 0.500. The molecule has 0 aliphatic rings. The first-order valence-corrected chi connectivity index (χ1v) is 7.72. The van der Waals surface area contributed by atoms with Crippen LogP contribution in [0.5, 0.6) is 0 Å². The highest BCUT2D eigenvalue weighted by atomic mass is 79.9. The van der Waals surface area contributed by atoms with E-state index < -0.39 is 0 Å². The van der Waals surface area contributed by atoms with Crippen molar-refractivity contribution in [2.45, 2.75) is 45.0 Å². The van der Waals surface area contributed by atoms with Gasteiger partial charge in [-0.25, -0.2) is 9.37 Å². The summed E-state index contributed by atoms with van der Waals surface area (Å²) in [5, 5.41) is 0. The first kappa shape index (κ1) is 14.8. The number of halogens is 3. The van der Waals surface area contributed by atoms with Gasteiger partial charge in [0.1, 0.15) is 11.6 Å². The van der Waals surface area contributed by atoms with Gasteiger partial charge in [0, 0.05) is 11.6 Å². The average Bonchev–Trinajstić information content (AvgIpc) is 2.76. The minimum Gasteiger partial charge on any atom is -0.321 e. The molecule has 1 aromatic heterocycles. The van der Waals surface area contributed by atoms with E-state index in [0.29, 0.717) is 10.4 Å². The van der Waals surface area contributed by atoms with Crippen molar-refractivity contribution in [3.8, 4) is 0 Å². The van der Waals surface area contributed by atoms with Crippen LogP contribution in [-0.2, 0) is 11.4 Å². The van der Waals surface area contributed by atoms with Crippen molar-refractivity contribution in [2.75, 3.05) is 0 Å². The van der Waals surface area contributed by atoms with Crippen molar-refractivity contribution in [3.63, 3.8) is 0 Å². The predicted octanol–water partition coefficient (Wildman–Crippen LogP) is 5.21. The number of aromatic nitrogens is 2. The Morgan fingerprint density at radius 2 is 2.00 bits per heavy atom. The molecule has 0 aliphatic carbocycles. The lowest BCUT2D eigenvalue weighted by Crippen LogP contribution is -2.29. The van der Waals surface area contributed by atoms with Crippen LogP contribution in [-0.4, -0.2) is 9.55 Å². The minimum absolute atomic E-state index is 0.0980. The van der Waals surface area contributed by atoms with Gasteiger partial charge in [0.2, 0.25) is 0 Å². The van der Waals surface area contributed by atoms with E-state index in [1.54, 1.807) is 6.07 Å². The molecule has 2 rings (SSSR count). The molecular formula is C14H17BrClFN2. The Bertz CT molecular complexity index is 605. The van der Waals surface area contributed by atoms with E-state index in [-0.39, 0.29) is 11.4 Å². The van der Waals surface area contributed by atoms with Crippen LogP contribution in [0, 0.1) is 5.82 Å². The zero-order valence-electron chi connectivity index (χ0n) is 11.3. The second kappa shape index (κ2) is 5.41. The van der Waals surface area contributed by atoms with Gasteiger partial charge in [0.05, 0.1) is 21.4 Å². The maximum atomic E-state index is 13.8. The predicted molar refractivity (Wildman–Crippen MR) is 81.2 cm³/mol. The average molecular weight is 348 g/mol. The Balaban J connectivity index is 2.80. The SMILES string of the molecule is CCC(C)(CC)n1c(CCl)nc2cc(Br)c(F)cc21. The molecule has 0 fully saturated rings. The number of fused-ring (bicyclic) bond motifs is 1. The molecule has 0 radical (unpaired) electrons. The highest BCUT2D eigenvalue weighted by Crippen LogP contribution is 2.33. The third-order valence-electron chi connectivity index (χ3n) is 3.95. The van der Waals surface area contributed by atoms with Gasteiger partial charge in [-0.3, -0.25) is 0 Å². The first-order valence-electron chi connectivity index (χ1n) is 6.39. The number of hydrogen-bond acceptors (Lipinski definition) is 1. The van der Waals surface area contributed by atoms with E-state index in [1.807, 2.05) is 0 Å². The second-order valence-corrected chi connectivity index (χ2v) is 6.08. The maximum absolute atomic E-state index is 13.8. The van der Waals surface area contributed by atoms with Gasteiger partial charge in [-0.15, -0.1) is 11.6 Å². The van der Waals surface area contributed by atoms with Gasteiger partial charge < -0.3 is 4.57 Å². The zero-order chi connectivity index (χ0) is 14.2. The third kappa shape index (κ3) is 2.40. The summed E-state index contributed by atoms with van der Waals surface area (Å²) in [6.45, 7) is 6.41. The van der Waals surface area contributed by atoms with Gasteiger partial charge in [-0.1, -0.05) is 13.8 Å². The lowest BCUT2D eigenvalue weighted by Gasteiger charge is -2.31. The van der Waals surface area contributed by atoms with Crippen LogP contribution in [0.4, 0.5) is 4.39 Å². The number of hydrogen-bond donors (Lipinski definition) is 0. The molecule has 5 heteroatoms. The van der Waals surface area contributed by atoms with Gasteiger partial charge >= 0.3 is 0 Å². The summed E-state index contributed by atoms with van der Waals surface area (Å²) in [7, 11) is 0. The monoisotopic (exact) mass is 346 g/mol. The maximum Gasteiger partial charge on any atom is 0.139 e. The van der Waals surface area contributed by atoms with Crippen LogP contribution in [0.25, 0.3) is 11.0 Å². The minimum atomic E-state index is -0.274. The van der Waals surface area contributed by atoms with Crippen LogP contribution in [0.2, 0.25) is 0 Å². The summed E-state index contributed by atoms with van der Waals surface area (Å²) < 4.78 is 16.3. The number of rotatable bonds is 4. The van der Waals surface area contributed by atoms with Crippen molar-refractivity contribution in [2.24, 2.45) is 0 Å². The normalized spacial score (nSPS) is 12.3. The van der Waals surface area contributed by atoms with Crippen LogP contribution in [0.1, 0.15) is 39.4 Å². The van der Waals surface area contributed by atoms with Gasteiger partial charge in [-0.05, 0) is 41.8 Å². The Kier molecular flexibility index (Phi) is 4.21. The second-order valence-electron chi connectivity index (χ2n) is 4.96. The molecule has 0 spiro atoms. The molecule has 0 bridgehead atoms. The Hall–Kier alpha value is -0.610. The summed E-state index contributed by atoms with van der Waals surface area (Å²) in [5.41, 5.74) is 1.48. The van der Waals surface area contributed by atoms with Crippen molar-refractivity contribution >= 4 is 38.6 Å². The van der Waals surface area contributed by atoms with Gasteiger partial charge in [0.15, 0.2) is 0 Å². The number of alkyl halides is 1. The number of imidazole rings is 1. The molecule has 104 valence electrons. The number of nitrogens with zero attached hydrogens (tertiary/aromatic N) is 2. The van der Waals surface area contributed by atoms with E-state index in [4.69, 9.17) is 11.6 Å². The molecular weight excluding hydrogens is 331 g/mol. The molecule has 0 saturated heterocycles. The quantitative estimate of drug-likeness (QED) is 0.694. The summed E-state index contributed by atoms with van der Waals surface area (Å²) >= 11 is 9.21. The largest absolute Gasteiger partial charge is 0.321 e. The van der Waals surface area contributed by atoms with Crippen molar-refractivity contribution in [3.05, 3.63) is 28.2 Å². The molecule has 0 N–H and O–H groups in total. The van der Waals surface area contributed by atoms with Crippen molar-refractivity contribution in [1.29, 1.82) is 0 Å². The van der Waals surface area contributed by atoms with Crippen molar-refractivity contribution < 1.29 is 4.39 Å². The molecule has 19 heavy (non-hydrogen) atoms. The molecule has 2 aromatic rings. The standard InChI is InChI=1S/C14H17BrClFN2/c1-4-14(3,5-2)19-12-7-10(17)9(15)6-11(12)18-13(19)8-16/h6-7H,4-5,8H2,1-3H3. The van der Waals surface area contributed by atoms with E-state index in [1.165, 1.54) is 6.07 Å². The van der Waals surface area contributed by atoms with E-state index in [9.17, 15) is 4.39 Å². The van der Waals surface area contributed by atoms with E-state index in [2.05, 4.69) is 46.3 Å². The van der Waals surface area contributed by atoms with Gasteiger partial charge in [-0.2, -0.15) is 0 Å². The van der Waals surface area contributed by atoms with E-state index >= 15 is 0 Å². The Morgan fingerprint density at radius 1 is 1.37 bits per heavy atom. The van der Waals surface area contributed by atoms with Gasteiger partial charge in [0.25, 0.3) is 0 Å². The number of benzene rings is 1. The molecule has 0 saturated carbocycles. The van der Waals surface area contributed by atoms with Crippen LogP contribution in [0.3, 0.4) is 0 Å². The zero-order valence-corrected chi connectivity index (χ0v) is 13.6. The fourth-order valence-corrected chi connectivity index (χ4v) is 2.89. The lowest BCUT2D eigenvalue weighted by atomic mass is 9.94. The lowest BCUT2D eigenvalue weighted by molar-refractivity contribution is 0.296. The molecule has 1 aromatic carbocycles. The van der Waals surface area contributed by atoms with Crippen molar-refractivity contribution in [1.82, 2.24) is 9.55 Å². The molecule has 0 atom stereocenters. The summed E-state index contributed by atoms with van der Waals surface area (Å²) in [6.07, 6.45) is 1.88. The van der Waals surface area contributed by atoms with Crippen LogP contribution < -0.4 is 0 Å². The molecule has 2 nitrogen and oxygen atoms in total. The molecule has 0 aliphatic heterocycles. The summed E-state index contributed by atoms with van der Waals surface area (Å²) in [5.74, 6) is 0.841. The highest BCUT2D eigenvalue weighted by molar-refractivity contribution is 9.10. The van der Waals surface area contributed by atoms with Crippen LogP contribution >= 0.6 is 27.5 Å². The molecule has 0 unspecified atom stereocenters. The Morgan fingerprint density at radius 3 is 2.53 bits per heavy atom. The molecule has 1 heterocycles.